The summed E-state index contributed by atoms with van der Waals surface area (Å²) in [5.41, 5.74) is 6.98. The molecule has 0 saturated heterocycles. The molecule has 1 unspecified atom stereocenters. The Bertz CT molecular complexity index is 728. The topological polar surface area (TPSA) is 94.6 Å². The first kappa shape index (κ1) is 16.4. The number of carbonyl (C=O) groups is 1. The zero-order valence-electron chi connectivity index (χ0n) is 13.3. The van der Waals surface area contributed by atoms with E-state index < -0.39 is 11.9 Å². The van der Waals surface area contributed by atoms with E-state index in [1.807, 2.05) is 6.07 Å². The predicted octanol–water partition coefficient (Wildman–Crippen LogP) is 2.34. The third-order valence-electron chi connectivity index (χ3n) is 3.53. The second-order valence-corrected chi connectivity index (χ2v) is 4.89. The van der Waals surface area contributed by atoms with Crippen molar-refractivity contribution < 1.29 is 19.0 Å². The first-order valence-electron chi connectivity index (χ1n) is 7.12. The lowest BCUT2D eigenvalue weighted by Gasteiger charge is -2.27. The zero-order chi connectivity index (χ0) is 17.0. The van der Waals surface area contributed by atoms with Crippen LogP contribution in [0.3, 0.4) is 0 Å². The van der Waals surface area contributed by atoms with Gasteiger partial charge in [0.25, 0.3) is 0 Å². The van der Waals surface area contributed by atoms with Crippen LogP contribution in [-0.4, -0.2) is 19.7 Å². The summed E-state index contributed by atoms with van der Waals surface area (Å²) < 4.78 is 15.7. The van der Waals surface area contributed by atoms with Crippen molar-refractivity contribution in [2.24, 2.45) is 5.73 Å². The van der Waals surface area contributed by atoms with Crippen molar-refractivity contribution in [3.63, 3.8) is 0 Å². The van der Waals surface area contributed by atoms with Crippen molar-refractivity contribution in [1.29, 1.82) is 5.26 Å². The Balaban J connectivity index is 2.61. The number of allylic oxidation sites excluding steroid dienone is 2. The summed E-state index contributed by atoms with van der Waals surface area (Å²) in [6.07, 6.45) is 0. The number of hydrogen-bond donors (Lipinski definition) is 1. The third kappa shape index (κ3) is 3.14. The van der Waals surface area contributed by atoms with Gasteiger partial charge >= 0.3 is 5.97 Å². The van der Waals surface area contributed by atoms with Gasteiger partial charge in [0.15, 0.2) is 0 Å². The average Bonchev–Trinajstić information content (AvgIpc) is 2.54. The standard InChI is InChI=1S/C17H18N2O4/c1-4-22-17(20)14-10(2)23-16(19)13(9-18)15(14)11-6-5-7-12(8-11)21-3/h5-8,15H,4,19H2,1-3H3. The number of ether oxygens (including phenoxy) is 3. The number of rotatable bonds is 4. The van der Waals surface area contributed by atoms with Gasteiger partial charge in [-0.3, -0.25) is 0 Å². The summed E-state index contributed by atoms with van der Waals surface area (Å²) in [4.78, 5) is 12.4. The van der Waals surface area contributed by atoms with Gasteiger partial charge in [-0.15, -0.1) is 0 Å². The Morgan fingerprint density at radius 2 is 2.22 bits per heavy atom. The first-order valence-corrected chi connectivity index (χ1v) is 7.12. The van der Waals surface area contributed by atoms with Crippen LogP contribution in [0.1, 0.15) is 25.3 Å². The molecule has 0 bridgehead atoms. The van der Waals surface area contributed by atoms with Crippen LogP contribution >= 0.6 is 0 Å². The summed E-state index contributed by atoms with van der Waals surface area (Å²) in [6.45, 7) is 3.56. The molecule has 0 aromatic heterocycles. The fourth-order valence-electron chi connectivity index (χ4n) is 2.51. The number of nitriles is 1. The van der Waals surface area contributed by atoms with E-state index >= 15 is 0 Å². The van der Waals surface area contributed by atoms with Crippen molar-refractivity contribution in [2.75, 3.05) is 13.7 Å². The van der Waals surface area contributed by atoms with Gasteiger partial charge in [0.1, 0.15) is 23.2 Å². The highest BCUT2D eigenvalue weighted by Gasteiger charge is 2.36. The van der Waals surface area contributed by atoms with Gasteiger partial charge in [0.05, 0.1) is 25.2 Å². The van der Waals surface area contributed by atoms with Crippen molar-refractivity contribution in [3.05, 3.63) is 52.6 Å². The summed E-state index contributed by atoms with van der Waals surface area (Å²) in [7, 11) is 1.55. The molecule has 1 aromatic rings. The fraction of sp³-hybridized carbons (Fsp3) is 0.294. The Labute approximate surface area is 134 Å². The van der Waals surface area contributed by atoms with Crippen LogP contribution < -0.4 is 10.5 Å². The van der Waals surface area contributed by atoms with E-state index in [2.05, 4.69) is 0 Å². The molecule has 0 amide bonds. The van der Waals surface area contributed by atoms with E-state index in [9.17, 15) is 10.1 Å². The molecule has 1 heterocycles. The highest BCUT2D eigenvalue weighted by atomic mass is 16.5. The quantitative estimate of drug-likeness (QED) is 0.857. The minimum absolute atomic E-state index is 0.00846. The molecule has 1 aromatic carbocycles. The Hall–Kier alpha value is -2.94. The lowest BCUT2D eigenvalue weighted by atomic mass is 9.83. The van der Waals surface area contributed by atoms with Crippen LogP contribution in [0, 0.1) is 11.3 Å². The smallest absolute Gasteiger partial charge is 0.338 e. The highest BCUT2D eigenvalue weighted by molar-refractivity contribution is 5.92. The van der Waals surface area contributed by atoms with E-state index in [-0.39, 0.29) is 23.6 Å². The number of benzene rings is 1. The van der Waals surface area contributed by atoms with E-state index in [1.54, 1.807) is 45.2 Å². The molecule has 1 aliphatic rings. The van der Waals surface area contributed by atoms with E-state index in [1.165, 1.54) is 0 Å². The fourth-order valence-corrected chi connectivity index (χ4v) is 2.51. The number of carbonyl (C=O) groups excluding carboxylic acids is 1. The Morgan fingerprint density at radius 1 is 1.48 bits per heavy atom. The molecule has 0 saturated carbocycles. The summed E-state index contributed by atoms with van der Waals surface area (Å²) in [5, 5.41) is 9.46. The van der Waals surface area contributed by atoms with Crippen molar-refractivity contribution in [3.8, 4) is 11.8 Å². The molecule has 0 aliphatic carbocycles. The van der Waals surface area contributed by atoms with Crippen molar-refractivity contribution in [2.45, 2.75) is 19.8 Å². The van der Waals surface area contributed by atoms with Crippen LogP contribution in [0.5, 0.6) is 5.75 Å². The lowest BCUT2D eigenvalue weighted by Crippen LogP contribution is -2.25. The maximum absolute atomic E-state index is 12.4. The maximum atomic E-state index is 12.4. The minimum Gasteiger partial charge on any atom is -0.497 e. The van der Waals surface area contributed by atoms with E-state index in [0.717, 1.165) is 0 Å². The second kappa shape index (κ2) is 6.88. The van der Waals surface area contributed by atoms with Gasteiger partial charge in [-0.05, 0) is 31.5 Å². The molecule has 1 atom stereocenters. The van der Waals surface area contributed by atoms with Gasteiger partial charge in [0.2, 0.25) is 5.88 Å². The molecule has 23 heavy (non-hydrogen) atoms. The van der Waals surface area contributed by atoms with Crippen LogP contribution in [0.2, 0.25) is 0 Å². The zero-order valence-corrected chi connectivity index (χ0v) is 13.3. The van der Waals surface area contributed by atoms with Gasteiger partial charge in [-0.25, -0.2) is 4.79 Å². The molecule has 0 fully saturated rings. The molecule has 0 radical (unpaired) electrons. The van der Waals surface area contributed by atoms with Crippen molar-refractivity contribution in [1.82, 2.24) is 0 Å². The molecular weight excluding hydrogens is 296 g/mol. The number of nitrogens with zero attached hydrogens (tertiary/aromatic N) is 1. The van der Waals surface area contributed by atoms with Crippen LogP contribution in [-0.2, 0) is 14.3 Å². The minimum atomic E-state index is -0.650. The Kier molecular flexibility index (Phi) is 4.91. The molecule has 6 heteroatoms. The molecule has 2 N–H and O–H groups in total. The van der Waals surface area contributed by atoms with Crippen LogP contribution in [0.4, 0.5) is 0 Å². The number of esters is 1. The van der Waals surface area contributed by atoms with Crippen LogP contribution in [0.25, 0.3) is 0 Å². The number of nitrogens with two attached hydrogens (primary N) is 1. The summed E-state index contributed by atoms with van der Waals surface area (Å²) in [6, 6.07) is 9.16. The van der Waals surface area contributed by atoms with Crippen molar-refractivity contribution >= 4 is 5.97 Å². The number of hydrogen-bond acceptors (Lipinski definition) is 6. The van der Waals surface area contributed by atoms with Gasteiger partial charge in [-0.1, -0.05) is 12.1 Å². The van der Waals surface area contributed by atoms with Crippen LogP contribution in [0.15, 0.2) is 47.1 Å². The maximum Gasteiger partial charge on any atom is 0.338 e. The van der Waals surface area contributed by atoms with Gasteiger partial charge in [-0.2, -0.15) is 5.26 Å². The molecular formula is C17H18N2O4. The third-order valence-corrected chi connectivity index (χ3v) is 3.53. The Morgan fingerprint density at radius 3 is 2.83 bits per heavy atom. The first-order chi connectivity index (χ1) is 11.0. The summed E-state index contributed by atoms with van der Waals surface area (Å²) >= 11 is 0. The molecule has 6 nitrogen and oxygen atoms in total. The van der Waals surface area contributed by atoms with Gasteiger partial charge in [0, 0.05) is 0 Å². The second-order valence-electron chi connectivity index (χ2n) is 4.89. The van der Waals surface area contributed by atoms with Gasteiger partial charge < -0.3 is 19.9 Å². The lowest BCUT2D eigenvalue weighted by molar-refractivity contribution is -0.139. The molecule has 120 valence electrons. The van der Waals surface area contributed by atoms with E-state index in [0.29, 0.717) is 17.1 Å². The number of methoxy groups -OCH3 is 1. The molecule has 2 rings (SSSR count). The SMILES string of the molecule is CCOC(=O)C1=C(C)OC(N)=C(C#N)C1c1cccc(OC)c1. The summed E-state index contributed by atoms with van der Waals surface area (Å²) in [5.74, 6) is -0.245. The normalized spacial score (nSPS) is 17.4. The molecule has 1 aliphatic heterocycles. The monoisotopic (exact) mass is 314 g/mol. The highest BCUT2D eigenvalue weighted by Crippen LogP contribution is 2.40. The molecule has 0 spiro atoms. The predicted molar refractivity (Wildman–Crippen MR) is 83.0 cm³/mol. The van der Waals surface area contributed by atoms with E-state index in [4.69, 9.17) is 19.9 Å². The average molecular weight is 314 g/mol. The largest absolute Gasteiger partial charge is 0.497 e.